The van der Waals surface area contributed by atoms with E-state index in [1.807, 2.05) is 0 Å². The molecule has 1 N–H and O–H groups in total. The Morgan fingerprint density at radius 1 is 1.23 bits per heavy atom. The van der Waals surface area contributed by atoms with E-state index in [1.165, 1.54) is 29.5 Å². The Morgan fingerprint density at radius 3 is 2.77 bits per heavy atom. The first-order chi connectivity index (χ1) is 10.6. The van der Waals surface area contributed by atoms with Crippen LogP contribution in [0.1, 0.15) is 5.56 Å². The number of nitrogens with zero attached hydrogens (tertiary/aromatic N) is 1. The number of amides is 1. The molecule has 3 aromatic rings. The molecule has 0 radical (unpaired) electrons. The summed E-state index contributed by atoms with van der Waals surface area (Å²) in [7, 11) is 0. The number of halogens is 2. The van der Waals surface area contributed by atoms with Crippen LogP contribution in [0.25, 0.3) is 16.3 Å². The topological polar surface area (TPSA) is 42.0 Å². The van der Waals surface area contributed by atoms with Gasteiger partial charge in [-0.2, -0.15) is 0 Å². The Labute approximate surface area is 135 Å². The molecule has 110 valence electrons. The number of hydrogen-bond acceptors (Lipinski definition) is 3. The van der Waals surface area contributed by atoms with E-state index in [-0.39, 0.29) is 11.7 Å². The van der Waals surface area contributed by atoms with Gasteiger partial charge in [0.1, 0.15) is 5.82 Å². The van der Waals surface area contributed by atoms with Gasteiger partial charge in [0.15, 0.2) is 5.13 Å². The van der Waals surface area contributed by atoms with Crippen LogP contribution in [0.5, 0.6) is 0 Å². The number of fused-ring (bicyclic) bond motifs is 1. The minimum Gasteiger partial charge on any atom is -0.298 e. The van der Waals surface area contributed by atoms with Gasteiger partial charge >= 0.3 is 0 Å². The van der Waals surface area contributed by atoms with Gasteiger partial charge in [0.2, 0.25) is 5.91 Å². The number of thiazole rings is 1. The Kier molecular flexibility index (Phi) is 4.18. The summed E-state index contributed by atoms with van der Waals surface area (Å²) in [6, 6.07) is 11.2. The monoisotopic (exact) mass is 332 g/mol. The summed E-state index contributed by atoms with van der Waals surface area (Å²) in [5.41, 5.74) is 1.53. The first-order valence-corrected chi connectivity index (χ1v) is 7.60. The summed E-state index contributed by atoms with van der Waals surface area (Å²) in [5.74, 6) is -0.607. The maximum atomic E-state index is 12.8. The van der Waals surface area contributed by atoms with Crippen LogP contribution in [0, 0.1) is 5.82 Å². The number of hydrogen-bond donors (Lipinski definition) is 1. The van der Waals surface area contributed by atoms with Crippen molar-refractivity contribution in [2.45, 2.75) is 0 Å². The highest BCUT2D eigenvalue weighted by Crippen LogP contribution is 2.28. The summed E-state index contributed by atoms with van der Waals surface area (Å²) in [6.45, 7) is 0. The lowest BCUT2D eigenvalue weighted by molar-refractivity contribution is -0.111. The lowest BCUT2D eigenvalue weighted by Gasteiger charge is -1.96. The highest BCUT2D eigenvalue weighted by atomic mass is 35.5. The molecule has 0 saturated carbocycles. The average molecular weight is 333 g/mol. The molecule has 2 aromatic carbocycles. The summed E-state index contributed by atoms with van der Waals surface area (Å²) < 4.78 is 13.7. The van der Waals surface area contributed by atoms with E-state index in [0.717, 1.165) is 15.8 Å². The molecule has 0 saturated heterocycles. The lowest BCUT2D eigenvalue weighted by atomic mass is 10.2. The van der Waals surface area contributed by atoms with Gasteiger partial charge in [0.05, 0.1) is 10.2 Å². The van der Waals surface area contributed by atoms with Crippen molar-refractivity contribution in [3.63, 3.8) is 0 Å². The van der Waals surface area contributed by atoms with Gasteiger partial charge in [0.25, 0.3) is 0 Å². The van der Waals surface area contributed by atoms with Gasteiger partial charge in [-0.25, -0.2) is 9.37 Å². The van der Waals surface area contributed by atoms with Crippen LogP contribution in [0.2, 0.25) is 5.02 Å². The average Bonchev–Trinajstić information content (AvgIpc) is 2.88. The molecule has 1 amide bonds. The van der Waals surface area contributed by atoms with Gasteiger partial charge in [-0.05, 0) is 42.0 Å². The number of rotatable bonds is 3. The first kappa shape index (κ1) is 14.7. The molecule has 3 rings (SSSR count). The molecule has 1 heterocycles. The van der Waals surface area contributed by atoms with Crippen LogP contribution in [0.3, 0.4) is 0 Å². The van der Waals surface area contributed by atoms with E-state index in [1.54, 1.807) is 36.4 Å². The third-order valence-electron chi connectivity index (χ3n) is 2.88. The van der Waals surface area contributed by atoms with Crippen LogP contribution in [-0.4, -0.2) is 10.9 Å². The maximum absolute atomic E-state index is 12.8. The zero-order valence-electron chi connectivity index (χ0n) is 11.2. The molecule has 0 unspecified atom stereocenters. The van der Waals surface area contributed by atoms with Crippen molar-refractivity contribution >= 4 is 50.3 Å². The molecular formula is C16H10ClFN2OS. The number of carbonyl (C=O) groups excluding carboxylic acids is 1. The van der Waals surface area contributed by atoms with Crippen molar-refractivity contribution in [2.75, 3.05) is 5.32 Å². The maximum Gasteiger partial charge on any atom is 0.250 e. The normalized spacial score (nSPS) is 11.2. The number of anilines is 1. The molecule has 3 nitrogen and oxygen atoms in total. The minimum absolute atomic E-state index is 0.297. The number of carbonyl (C=O) groups is 1. The second-order valence-corrected chi connectivity index (χ2v) is 5.97. The largest absolute Gasteiger partial charge is 0.298 e. The van der Waals surface area contributed by atoms with Gasteiger partial charge in [-0.1, -0.05) is 35.1 Å². The molecule has 22 heavy (non-hydrogen) atoms. The van der Waals surface area contributed by atoms with Crippen LogP contribution < -0.4 is 5.32 Å². The highest BCUT2D eigenvalue weighted by molar-refractivity contribution is 7.22. The third kappa shape index (κ3) is 3.50. The van der Waals surface area contributed by atoms with E-state index >= 15 is 0 Å². The SMILES string of the molecule is O=C(C=Cc1ccc(F)cc1)Nc1nc2ccc(Cl)cc2s1. The Morgan fingerprint density at radius 2 is 2.00 bits per heavy atom. The number of nitrogens with one attached hydrogen (secondary N) is 1. The van der Waals surface area contributed by atoms with Gasteiger partial charge in [-0.3, -0.25) is 10.1 Å². The van der Waals surface area contributed by atoms with Crippen molar-refractivity contribution in [1.82, 2.24) is 4.98 Å². The Balaban J connectivity index is 1.71. The van der Waals surface area contributed by atoms with Crippen LogP contribution in [0.4, 0.5) is 9.52 Å². The molecule has 0 spiro atoms. The summed E-state index contributed by atoms with van der Waals surface area (Å²) in [4.78, 5) is 16.2. The predicted molar refractivity (Wildman–Crippen MR) is 88.7 cm³/mol. The first-order valence-electron chi connectivity index (χ1n) is 6.41. The quantitative estimate of drug-likeness (QED) is 0.704. The molecule has 0 bridgehead atoms. The van der Waals surface area contributed by atoms with Crippen molar-refractivity contribution in [3.8, 4) is 0 Å². The second kappa shape index (κ2) is 6.25. The highest BCUT2D eigenvalue weighted by Gasteiger charge is 2.06. The van der Waals surface area contributed by atoms with Crippen molar-refractivity contribution in [3.05, 3.63) is 64.9 Å². The van der Waals surface area contributed by atoms with E-state index < -0.39 is 0 Å². The van der Waals surface area contributed by atoms with Gasteiger partial charge < -0.3 is 0 Å². The fraction of sp³-hybridized carbons (Fsp3) is 0. The van der Waals surface area contributed by atoms with Crippen LogP contribution in [0.15, 0.2) is 48.5 Å². The second-order valence-electron chi connectivity index (χ2n) is 4.51. The van der Waals surface area contributed by atoms with Gasteiger partial charge in [0, 0.05) is 11.1 Å². The van der Waals surface area contributed by atoms with E-state index in [4.69, 9.17) is 11.6 Å². The number of benzene rings is 2. The minimum atomic E-state index is -0.310. The predicted octanol–water partition coefficient (Wildman–Crippen LogP) is 4.74. The number of aromatic nitrogens is 1. The lowest BCUT2D eigenvalue weighted by Crippen LogP contribution is -2.07. The van der Waals surface area contributed by atoms with Crippen molar-refractivity contribution in [2.24, 2.45) is 0 Å². The third-order valence-corrected chi connectivity index (χ3v) is 4.05. The molecule has 0 aliphatic carbocycles. The summed E-state index contributed by atoms with van der Waals surface area (Å²) in [5, 5.41) is 3.83. The van der Waals surface area contributed by atoms with E-state index in [2.05, 4.69) is 10.3 Å². The van der Waals surface area contributed by atoms with Gasteiger partial charge in [-0.15, -0.1) is 0 Å². The Hall–Kier alpha value is -2.24. The zero-order chi connectivity index (χ0) is 15.5. The Bertz CT molecular complexity index is 858. The molecule has 0 fully saturated rings. The van der Waals surface area contributed by atoms with Crippen LogP contribution in [-0.2, 0) is 4.79 Å². The molecule has 6 heteroatoms. The molecule has 0 aliphatic rings. The molecule has 0 atom stereocenters. The fourth-order valence-electron chi connectivity index (χ4n) is 1.84. The van der Waals surface area contributed by atoms with E-state index in [0.29, 0.717) is 10.2 Å². The fourth-order valence-corrected chi connectivity index (χ4v) is 2.99. The van der Waals surface area contributed by atoms with Crippen molar-refractivity contribution < 1.29 is 9.18 Å². The zero-order valence-corrected chi connectivity index (χ0v) is 12.8. The molecule has 1 aromatic heterocycles. The standard InChI is InChI=1S/C16H10ClFN2OS/c17-11-4-7-13-14(9-11)22-16(19-13)20-15(21)8-3-10-1-5-12(18)6-2-10/h1-9H,(H,19,20,21). The summed E-state index contributed by atoms with van der Waals surface area (Å²) >= 11 is 7.27. The molecule has 0 aliphatic heterocycles. The summed E-state index contributed by atoms with van der Waals surface area (Å²) in [6.07, 6.45) is 2.99. The smallest absolute Gasteiger partial charge is 0.250 e. The molecular weight excluding hydrogens is 323 g/mol. The van der Waals surface area contributed by atoms with Crippen LogP contribution >= 0.6 is 22.9 Å². The van der Waals surface area contributed by atoms with Crippen molar-refractivity contribution in [1.29, 1.82) is 0 Å². The van der Waals surface area contributed by atoms with E-state index in [9.17, 15) is 9.18 Å².